The van der Waals surface area contributed by atoms with Gasteiger partial charge in [-0.15, -0.1) is 0 Å². The molecular formula is C13H4F6O2. The molecule has 21 heavy (non-hydrogen) atoms. The Morgan fingerprint density at radius 1 is 0.810 bits per heavy atom. The van der Waals surface area contributed by atoms with E-state index in [0.717, 1.165) is 6.07 Å². The molecule has 1 N–H and O–H groups in total. The van der Waals surface area contributed by atoms with Crippen LogP contribution in [0.2, 0.25) is 0 Å². The van der Waals surface area contributed by atoms with Crippen LogP contribution in [0, 0.1) is 34.9 Å². The minimum absolute atomic E-state index is 0.377. The van der Waals surface area contributed by atoms with Crippen LogP contribution in [0.5, 0.6) is 0 Å². The maximum atomic E-state index is 13.5. The summed E-state index contributed by atoms with van der Waals surface area (Å²) in [6, 6.07) is 1.78. The molecule has 0 fully saturated rings. The maximum absolute atomic E-state index is 13.5. The lowest BCUT2D eigenvalue weighted by atomic mass is 10.0. The van der Waals surface area contributed by atoms with E-state index in [1.165, 1.54) is 0 Å². The first-order valence-corrected chi connectivity index (χ1v) is 5.30. The van der Waals surface area contributed by atoms with E-state index in [1.54, 1.807) is 0 Å². The molecule has 2 nitrogen and oxygen atoms in total. The van der Waals surface area contributed by atoms with Gasteiger partial charge in [-0.25, -0.2) is 31.1 Å². The molecule has 0 aliphatic rings. The highest BCUT2D eigenvalue weighted by Gasteiger charge is 2.27. The maximum Gasteiger partial charge on any atom is 0.338 e. The van der Waals surface area contributed by atoms with E-state index in [2.05, 4.69) is 0 Å². The normalized spacial score (nSPS) is 10.8. The van der Waals surface area contributed by atoms with Crippen LogP contribution >= 0.6 is 0 Å². The SMILES string of the molecule is O=C(O)c1ccc(-c2c(F)c(F)c(F)c(F)c2F)cc1F. The second kappa shape index (κ2) is 5.12. The van der Waals surface area contributed by atoms with Crippen LogP contribution in [-0.4, -0.2) is 11.1 Å². The summed E-state index contributed by atoms with van der Waals surface area (Å²) in [7, 11) is 0. The van der Waals surface area contributed by atoms with Crippen LogP contribution in [0.25, 0.3) is 11.1 Å². The summed E-state index contributed by atoms with van der Waals surface area (Å²) in [4.78, 5) is 10.6. The highest BCUT2D eigenvalue weighted by molar-refractivity contribution is 5.88. The van der Waals surface area contributed by atoms with Gasteiger partial charge in [0.1, 0.15) is 5.82 Å². The van der Waals surface area contributed by atoms with Crippen LogP contribution in [-0.2, 0) is 0 Å². The van der Waals surface area contributed by atoms with Gasteiger partial charge in [-0.2, -0.15) is 0 Å². The van der Waals surface area contributed by atoms with Crippen LogP contribution in [0.4, 0.5) is 26.3 Å². The number of aromatic carboxylic acids is 1. The van der Waals surface area contributed by atoms with Crippen molar-refractivity contribution in [3.8, 4) is 11.1 Å². The first-order valence-electron chi connectivity index (χ1n) is 5.30. The molecule has 0 atom stereocenters. The number of rotatable bonds is 2. The zero-order valence-corrected chi connectivity index (χ0v) is 9.86. The van der Waals surface area contributed by atoms with Crippen molar-refractivity contribution in [2.45, 2.75) is 0 Å². The number of halogens is 6. The number of carboxylic acids is 1. The first-order chi connectivity index (χ1) is 9.75. The third-order valence-corrected chi connectivity index (χ3v) is 2.70. The summed E-state index contributed by atoms with van der Waals surface area (Å²) in [6.45, 7) is 0. The van der Waals surface area contributed by atoms with Gasteiger partial charge in [-0.1, -0.05) is 6.07 Å². The molecule has 0 aromatic heterocycles. The molecule has 0 spiro atoms. The third kappa shape index (κ3) is 2.32. The predicted molar refractivity (Wildman–Crippen MR) is 58.6 cm³/mol. The van der Waals surface area contributed by atoms with E-state index in [1.807, 2.05) is 0 Å². The fourth-order valence-corrected chi connectivity index (χ4v) is 1.70. The van der Waals surface area contributed by atoms with E-state index in [4.69, 9.17) is 5.11 Å². The molecule has 2 rings (SSSR count). The van der Waals surface area contributed by atoms with Crippen molar-refractivity contribution in [1.82, 2.24) is 0 Å². The van der Waals surface area contributed by atoms with Crippen molar-refractivity contribution in [2.24, 2.45) is 0 Å². The fourth-order valence-electron chi connectivity index (χ4n) is 1.70. The summed E-state index contributed by atoms with van der Waals surface area (Å²) >= 11 is 0. The standard InChI is InChI=1S/C13H4F6O2/c14-6-3-4(1-2-5(6)13(20)21)7-8(15)10(17)12(19)11(18)9(7)16/h1-3H,(H,20,21). The van der Waals surface area contributed by atoms with Gasteiger partial charge in [0.2, 0.25) is 5.82 Å². The highest BCUT2D eigenvalue weighted by Crippen LogP contribution is 2.32. The predicted octanol–water partition coefficient (Wildman–Crippen LogP) is 3.89. The number of hydrogen-bond acceptors (Lipinski definition) is 1. The van der Waals surface area contributed by atoms with Gasteiger partial charge < -0.3 is 5.11 Å². The van der Waals surface area contributed by atoms with Crippen LogP contribution in [0.3, 0.4) is 0 Å². The van der Waals surface area contributed by atoms with Crippen LogP contribution < -0.4 is 0 Å². The molecule has 0 unspecified atom stereocenters. The number of carboxylic acid groups (broad SMARTS) is 1. The Morgan fingerprint density at radius 2 is 1.29 bits per heavy atom. The van der Waals surface area contributed by atoms with Gasteiger partial charge in [0, 0.05) is 0 Å². The molecule has 0 aliphatic heterocycles. The molecule has 0 saturated carbocycles. The molecule has 2 aromatic rings. The van der Waals surface area contributed by atoms with Gasteiger partial charge in [0.25, 0.3) is 0 Å². The molecule has 0 radical (unpaired) electrons. The quantitative estimate of drug-likeness (QED) is 0.519. The molecule has 0 bridgehead atoms. The smallest absolute Gasteiger partial charge is 0.338 e. The van der Waals surface area contributed by atoms with E-state index in [9.17, 15) is 31.1 Å². The molecule has 0 saturated heterocycles. The minimum atomic E-state index is -2.34. The topological polar surface area (TPSA) is 37.3 Å². The van der Waals surface area contributed by atoms with Crippen molar-refractivity contribution in [3.63, 3.8) is 0 Å². The zero-order valence-electron chi connectivity index (χ0n) is 9.86. The molecule has 110 valence electrons. The van der Waals surface area contributed by atoms with Crippen LogP contribution in [0.15, 0.2) is 18.2 Å². The number of carbonyl (C=O) groups is 1. The molecule has 0 heterocycles. The Hall–Kier alpha value is -2.51. The highest BCUT2D eigenvalue weighted by atomic mass is 19.2. The second-order valence-electron chi connectivity index (χ2n) is 3.94. The summed E-state index contributed by atoms with van der Waals surface area (Å²) in [5.74, 6) is -14.0. The lowest BCUT2D eigenvalue weighted by molar-refractivity contribution is 0.0692. The Balaban J connectivity index is 2.74. The molecule has 2 aromatic carbocycles. The Labute approximate surface area is 113 Å². The molecular weight excluding hydrogens is 302 g/mol. The van der Waals surface area contributed by atoms with Gasteiger partial charge in [-0.05, 0) is 17.7 Å². The monoisotopic (exact) mass is 306 g/mol. The molecule has 8 heteroatoms. The summed E-state index contributed by atoms with van der Waals surface area (Å²) in [5.41, 5.74) is -2.81. The summed E-state index contributed by atoms with van der Waals surface area (Å²) in [6.07, 6.45) is 0. The summed E-state index contributed by atoms with van der Waals surface area (Å²) in [5, 5.41) is 8.60. The van der Waals surface area contributed by atoms with Crippen molar-refractivity contribution in [3.05, 3.63) is 58.7 Å². The Morgan fingerprint density at radius 3 is 1.71 bits per heavy atom. The molecule has 0 amide bonds. The lowest BCUT2D eigenvalue weighted by Gasteiger charge is -2.09. The average molecular weight is 306 g/mol. The van der Waals surface area contributed by atoms with Crippen molar-refractivity contribution >= 4 is 5.97 Å². The first kappa shape index (κ1) is 14.9. The minimum Gasteiger partial charge on any atom is -0.478 e. The van der Waals surface area contributed by atoms with Gasteiger partial charge in [-0.3, -0.25) is 0 Å². The Kier molecular flexibility index (Phi) is 3.63. The third-order valence-electron chi connectivity index (χ3n) is 2.70. The zero-order chi connectivity index (χ0) is 15.9. The van der Waals surface area contributed by atoms with Crippen molar-refractivity contribution < 1.29 is 36.2 Å². The van der Waals surface area contributed by atoms with E-state index >= 15 is 0 Å². The average Bonchev–Trinajstić information content (AvgIpc) is 2.43. The lowest BCUT2D eigenvalue weighted by Crippen LogP contribution is -2.05. The van der Waals surface area contributed by atoms with E-state index in [-0.39, 0.29) is 0 Å². The van der Waals surface area contributed by atoms with E-state index in [0.29, 0.717) is 12.1 Å². The van der Waals surface area contributed by atoms with Crippen LogP contribution in [0.1, 0.15) is 10.4 Å². The number of benzene rings is 2. The van der Waals surface area contributed by atoms with Gasteiger partial charge in [0.15, 0.2) is 23.3 Å². The number of hydrogen-bond donors (Lipinski definition) is 1. The van der Waals surface area contributed by atoms with E-state index < -0.39 is 57.6 Å². The molecule has 0 aliphatic carbocycles. The summed E-state index contributed by atoms with van der Waals surface area (Å²) < 4.78 is 79.5. The van der Waals surface area contributed by atoms with Crippen molar-refractivity contribution in [2.75, 3.05) is 0 Å². The van der Waals surface area contributed by atoms with Gasteiger partial charge in [0.05, 0.1) is 11.1 Å². The second-order valence-corrected chi connectivity index (χ2v) is 3.94. The fraction of sp³-hybridized carbons (Fsp3) is 0. The largest absolute Gasteiger partial charge is 0.478 e. The van der Waals surface area contributed by atoms with Gasteiger partial charge >= 0.3 is 5.97 Å². The van der Waals surface area contributed by atoms with Crippen molar-refractivity contribution in [1.29, 1.82) is 0 Å². The Bertz CT molecular complexity index is 728.